The molecule has 5 heteroatoms. The van der Waals surface area contributed by atoms with E-state index in [1.54, 1.807) is 19.0 Å². The molecule has 16 heavy (non-hydrogen) atoms. The van der Waals surface area contributed by atoms with E-state index >= 15 is 0 Å². The minimum Gasteiger partial charge on any atom is -0.349 e. The Balaban J connectivity index is 2.48. The van der Waals surface area contributed by atoms with Gasteiger partial charge >= 0.3 is 0 Å². The van der Waals surface area contributed by atoms with E-state index in [0.717, 1.165) is 18.8 Å². The molecule has 0 spiro atoms. The summed E-state index contributed by atoms with van der Waals surface area (Å²) in [5, 5.41) is 0. The van der Waals surface area contributed by atoms with Crippen LogP contribution in [0.15, 0.2) is 0 Å². The molecule has 1 rings (SSSR count). The summed E-state index contributed by atoms with van der Waals surface area (Å²) in [6.07, 6.45) is 1.76. The van der Waals surface area contributed by atoms with Gasteiger partial charge in [-0.25, -0.2) is 0 Å². The summed E-state index contributed by atoms with van der Waals surface area (Å²) in [6, 6.07) is 0.216. The molecule has 1 atom stereocenters. The smallest absolute Gasteiger partial charge is 0.223 e. The maximum absolute atomic E-state index is 11.7. The number of amides is 1. The molecule has 0 aliphatic carbocycles. The molecule has 0 aromatic heterocycles. The first kappa shape index (κ1) is 13.8. The van der Waals surface area contributed by atoms with Crippen LogP contribution in [0.2, 0.25) is 0 Å². The summed E-state index contributed by atoms with van der Waals surface area (Å²) in [5.74, 6) is 2.56. The summed E-state index contributed by atoms with van der Waals surface area (Å²) < 4.78 is 0. The van der Waals surface area contributed by atoms with Crippen molar-refractivity contribution in [2.75, 3.05) is 45.2 Å². The van der Waals surface area contributed by atoms with Crippen LogP contribution >= 0.6 is 11.8 Å². The Bertz CT molecular complexity index is 215. The normalized spacial score (nSPS) is 20.2. The third kappa shape index (κ3) is 4.31. The first-order chi connectivity index (χ1) is 7.65. The fourth-order valence-electron chi connectivity index (χ4n) is 1.88. The number of carbonyl (C=O) groups excluding carboxylic acids is 1. The molecule has 1 unspecified atom stereocenters. The molecule has 1 aliphatic rings. The Hall–Kier alpha value is -0.260. The minimum absolute atomic E-state index is 0.173. The molecule has 4 nitrogen and oxygen atoms in total. The van der Waals surface area contributed by atoms with Gasteiger partial charge in [-0.05, 0) is 18.7 Å². The van der Waals surface area contributed by atoms with E-state index in [1.165, 1.54) is 12.2 Å². The summed E-state index contributed by atoms with van der Waals surface area (Å²) in [5.41, 5.74) is 5.78. The molecular weight excluding hydrogens is 222 g/mol. The quantitative estimate of drug-likeness (QED) is 0.770. The monoisotopic (exact) mass is 245 g/mol. The van der Waals surface area contributed by atoms with E-state index < -0.39 is 0 Å². The van der Waals surface area contributed by atoms with Gasteiger partial charge in [-0.15, -0.1) is 0 Å². The van der Waals surface area contributed by atoms with Gasteiger partial charge in [0, 0.05) is 45.4 Å². The number of hydrogen-bond donors (Lipinski definition) is 1. The van der Waals surface area contributed by atoms with Gasteiger partial charge in [-0.3, -0.25) is 9.69 Å². The zero-order valence-corrected chi connectivity index (χ0v) is 11.1. The minimum atomic E-state index is 0.173. The molecule has 1 fully saturated rings. The van der Waals surface area contributed by atoms with Crippen molar-refractivity contribution in [2.45, 2.75) is 18.9 Å². The molecule has 0 aromatic rings. The van der Waals surface area contributed by atoms with Crippen LogP contribution in [-0.2, 0) is 4.79 Å². The van der Waals surface area contributed by atoms with E-state index in [0.29, 0.717) is 13.0 Å². The van der Waals surface area contributed by atoms with Gasteiger partial charge in [0.25, 0.3) is 0 Å². The van der Waals surface area contributed by atoms with E-state index in [1.807, 2.05) is 11.8 Å². The predicted molar refractivity (Wildman–Crippen MR) is 69.7 cm³/mol. The van der Waals surface area contributed by atoms with Crippen LogP contribution in [0.4, 0.5) is 0 Å². The highest BCUT2D eigenvalue weighted by molar-refractivity contribution is 7.99. The van der Waals surface area contributed by atoms with E-state index in [-0.39, 0.29) is 11.9 Å². The first-order valence-corrected chi connectivity index (χ1v) is 7.02. The molecule has 0 bridgehead atoms. The molecule has 1 saturated heterocycles. The third-order valence-electron chi connectivity index (χ3n) is 2.95. The maximum atomic E-state index is 11.7. The fraction of sp³-hybridized carbons (Fsp3) is 0.909. The summed E-state index contributed by atoms with van der Waals surface area (Å²) in [6.45, 7) is 2.72. The Labute approximate surface area is 103 Å². The van der Waals surface area contributed by atoms with Gasteiger partial charge < -0.3 is 10.6 Å². The number of nitrogens with two attached hydrogens (primary N) is 1. The maximum Gasteiger partial charge on any atom is 0.223 e. The van der Waals surface area contributed by atoms with E-state index in [4.69, 9.17) is 5.73 Å². The highest BCUT2D eigenvalue weighted by atomic mass is 32.2. The molecule has 1 heterocycles. The van der Waals surface area contributed by atoms with Gasteiger partial charge in [-0.2, -0.15) is 11.8 Å². The molecule has 2 N–H and O–H groups in total. The van der Waals surface area contributed by atoms with Gasteiger partial charge in [0.1, 0.15) is 0 Å². The van der Waals surface area contributed by atoms with Crippen LogP contribution in [0.3, 0.4) is 0 Å². The number of rotatable bonds is 4. The van der Waals surface area contributed by atoms with E-state index in [9.17, 15) is 4.79 Å². The lowest BCUT2D eigenvalue weighted by Crippen LogP contribution is -2.44. The Kier molecular flexibility index (Phi) is 6.16. The average Bonchev–Trinajstić information content (AvgIpc) is 2.53. The van der Waals surface area contributed by atoms with Crippen molar-refractivity contribution >= 4 is 17.7 Å². The van der Waals surface area contributed by atoms with Crippen molar-refractivity contribution in [1.29, 1.82) is 0 Å². The van der Waals surface area contributed by atoms with Crippen LogP contribution in [-0.4, -0.2) is 67.0 Å². The van der Waals surface area contributed by atoms with Gasteiger partial charge in [0.2, 0.25) is 5.91 Å². The van der Waals surface area contributed by atoms with Crippen LogP contribution in [0.5, 0.6) is 0 Å². The lowest BCUT2D eigenvalue weighted by molar-refractivity contribution is -0.129. The van der Waals surface area contributed by atoms with Gasteiger partial charge in [0.15, 0.2) is 0 Å². The molecule has 0 aromatic carbocycles. The number of nitrogens with zero attached hydrogens (tertiary/aromatic N) is 2. The zero-order valence-electron chi connectivity index (χ0n) is 10.3. The number of hydrogen-bond acceptors (Lipinski definition) is 4. The Morgan fingerprint density at radius 3 is 2.81 bits per heavy atom. The average molecular weight is 245 g/mol. The number of carbonyl (C=O) groups is 1. The molecule has 94 valence electrons. The zero-order chi connectivity index (χ0) is 12.0. The van der Waals surface area contributed by atoms with Crippen LogP contribution < -0.4 is 5.73 Å². The van der Waals surface area contributed by atoms with Crippen molar-refractivity contribution < 1.29 is 4.79 Å². The molecule has 0 radical (unpaired) electrons. The van der Waals surface area contributed by atoms with Gasteiger partial charge in [0.05, 0.1) is 0 Å². The predicted octanol–water partition coefficient (Wildman–Crippen LogP) is 0.231. The molecule has 1 aliphatic heterocycles. The second-order valence-corrected chi connectivity index (χ2v) is 5.61. The van der Waals surface area contributed by atoms with E-state index in [2.05, 4.69) is 4.90 Å². The third-order valence-corrected chi connectivity index (χ3v) is 4.00. The summed E-state index contributed by atoms with van der Waals surface area (Å²) >= 11 is 1.99. The van der Waals surface area contributed by atoms with Crippen molar-refractivity contribution in [1.82, 2.24) is 9.80 Å². The summed E-state index contributed by atoms with van der Waals surface area (Å²) in [7, 11) is 3.60. The fourth-order valence-corrected chi connectivity index (χ4v) is 2.78. The SMILES string of the molecule is CN(C)C(=O)CC(CN)N1CCCSCC1. The highest BCUT2D eigenvalue weighted by Gasteiger charge is 2.21. The highest BCUT2D eigenvalue weighted by Crippen LogP contribution is 2.14. The van der Waals surface area contributed by atoms with Crippen molar-refractivity contribution in [2.24, 2.45) is 5.73 Å². The standard InChI is InChI=1S/C11H23N3OS/c1-13(2)11(15)8-10(9-12)14-4-3-6-16-7-5-14/h10H,3-9,12H2,1-2H3. The molecular formula is C11H23N3OS. The van der Waals surface area contributed by atoms with Crippen molar-refractivity contribution in [3.8, 4) is 0 Å². The summed E-state index contributed by atoms with van der Waals surface area (Å²) in [4.78, 5) is 15.7. The first-order valence-electron chi connectivity index (χ1n) is 5.87. The lowest BCUT2D eigenvalue weighted by Gasteiger charge is -2.29. The molecule has 0 saturated carbocycles. The van der Waals surface area contributed by atoms with Crippen molar-refractivity contribution in [3.05, 3.63) is 0 Å². The largest absolute Gasteiger partial charge is 0.349 e. The number of thioether (sulfide) groups is 1. The molecule has 1 amide bonds. The second-order valence-electron chi connectivity index (χ2n) is 4.38. The topological polar surface area (TPSA) is 49.6 Å². The Morgan fingerprint density at radius 1 is 1.44 bits per heavy atom. The van der Waals surface area contributed by atoms with Crippen LogP contribution in [0.1, 0.15) is 12.8 Å². The lowest BCUT2D eigenvalue weighted by atomic mass is 10.1. The van der Waals surface area contributed by atoms with Crippen LogP contribution in [0, 0.1) is 0 Å². The van der Waals surface area contributed by atoms with Crippen LogP contribution in [0.25, 0.3) is 0 Å². The van der Waals surface area contributed by atoms with Gasteiger partial charge in [-0.1, -0.05) is 0 Å². The Morgan fingerprint density at radius 2 is 2.19 bits per heavy atom. The second kappa shape index (κ2) is 7.14. The van der Waals surface area contributed by atoms with Crippen molar-refractivity contribution in [3.63, 3.8) is 0 Å².